The van der Waals surface area contributed by atoms with E-state index in [0.717, 1.165) is 28.2 Å². The molecule has 0 radical (unpaired) electrons. The number of para-hydroxylation sites is 1. The number of nitrogens with one attached hydrogen (secondary N) is 3. The van der Waals surface area contributed by atoms with E-state index < -0.39 is 0 Å². The standard InChI is InChI=1S/C19H20N4O/c1-13-17(14(2)22-23-16-11-7-4-8-12-16)18(21-19(24)20-13)15-9-5-3-6-10-15/h3-12,18,23H,1-2H3,(H2,20,21,24)/b22-14+. The van der Waals surface area contributed by atoms with Crippen molar-refractivity contribution in [3.05, 3.63) is 77.5 Å². The first-order valence-corrected chi connectivity index (χ1v) is 7.84. The Morgan fingerprint density at radius 2 is 1.67 bits per heavy atom. The second kappa shape index (κ2) is 7.00. The molecule has 1 atom stereocenters. The molecular weight excluding hydrogens is 300 g/mol. The average molecular weight is 320 g/mol. The quantitative estimate of drug-likeness (QED) is 0.592. The zero-order valence-electron chi connectivity index (χ0n) is 13.7. The van der Waals surface area contributed by atoms with Gasteiger partial charge in [-0.15, -0.1) is 0 Å². The van der Waals surface area contributed by atoms with Crippen LogP contribution in [0.25, 0.3) is 0 Å². The lowest BCUT2D eigenvalue weighted by atomic mass is 9.93. The summed E-state index contributed by atoms with van der Waals surface area (Å²) < 4.78 is 0. The minimum Gasteiger partial charge on any atom is -0.327 e. The van der Waals surface area contributed by atoms with Gasteiger partial charge in [0.05, 0.1) is 17.4 Å². The van der Waals surface area contributed by atoms with Crippen molar-refractivity contribution in [2.75, 3.05) is 5.43 Å². The van der Waals surface area contributed by atoms with E-state index in [1.54, 1.807) is 0 Å². The summed E-state index contributed by atoms with van der Waals surface area (Å²) in [5.41, 5.74) is 7.59. The van der Waals surface area contributed by atoms with Crippen LogP contribution in [0.3, 0.4) is 0 Å². The maximum atomic E-state index is 11.9. The van der Waals surface area contributed by atoms with Gasteiger partial charge in [-0.1, -0.05) is 48.5 Å². The van der Waals surface area contributed by atoms with Crippen LogP contribution >= 0.6 is 0 Å². The Labute approximate surface area is 141 Å². The van der Waals surface area contributed by atoms with Crippen LogP contribution in [-0.4, -0.2) is 11.7 Å². The second-order valence-corrected chi connectivity index (χ2v) is 5.66. The molecule has 122 valence electrons. The summed E-state index contributed by atoms with van der Waals surface area (Å²) in [5.74, 6) is 0. The Balaban J connectivity index is 1.92. The van der Waals surface area contributed by atoms with Gasteiger partial charge in [0.15, 0.2) is 0 Å². The predicted octanol–water partition coefficient (Wildman–Crippen LogP) is 3.80. The molecule has 3 rings (SSSR count). The number of anilines is 1. The molecule has 5 nitrogen and oxygen atoms in total. The highest BCUT2D eigenvalue weighted by molar-refractivity contribution is 6.02. The predicted molar refractivity (Wildman–Crippen MR) is 96.7 cm³/mol. The molecule has 0 aliphatic carbocycles. The molecule has 2 aromatic carbocycles. The lowest BCUT2D eigenvalue weighted by Crippen LogP contribution is -2.44. The third-order valence-corrected chi connectivity index (χ3v) is 3.92. The SMILES string of the molecule is CC1=C(/C(C)=N/Nc2ccccc2)C(c2ccccc2)NC(=O)N1. The zero-order chi connectivity index (χ0) is 16.9. The van der Waals surface area contributed by atoms with Crippen molar-refractivity contribution in [1.29, 1.82) is 0 Å². The van der Waals surface area contributed by atoms with Gasteiger partial charge in [-0.25, -0.2) is 4.79 Å². The molecule has 5 heteroatoms. The number of hydrazone groups is 1. The molecule has 2 aromatic rings. The van der Waals surface area contributed by atoms with Crippen molar-refractivity contribution >= 4 is 17.4 Å². The maximum absolute atomic E-state index is 11.9. The number of nitrogens with zero attached hydrogens (tertiary/aromatic N) is 1. The Morgan fingerprint density at radius 3 is 2.33 bits per heavy atom. The summed E-state index contributed by atoms with van der Waals surface area (Å²) in [5, 5.41) is 10.3. The fourth-order valence-electron chi connectivity index (χ4n) is 2.79. The fraction of sp³-hybridized carbons (Fsp3) is 0.158. The molecule has 0 spiro atoms. The number of allylic oxidation sites excluding steroid dienone is 1. The molecule has 1 aliphatic heterocycles. The van der Waals surface area contributed by atoms with Crippen LogP contribution in [0.1, 0.15) is 25.5 Å². The van der Waals surface area contributed by atoms with Gasteiger partial charge in [0.25, 0.3) is 0 Å². The second-order valence-electron chi connectivity index (χ2n) is 5.66. The number of amides is 2. The van der Waals surface area contributed by atoms with E-state index in [0.29, 0.717) is 0 Å². The highest BCUT2D eigenvalue weighted by atomic mass is 16.2. The molecule has 1 heterocycles. The summed E-state index contributed by atoms with van der Waals surface area (Å²) in [6.45, 7) is 3.83. The van der Waals surface area contributed by atoms with Crippen molar-refractivity contribution < 1.29 is 4.79 Å². The largest absolute Gasteiger partial charge is 0.327 e. The van der Waals surface area contributed by atoms with Crippen LogP contribution < -0.4 is 16.1 Å². The molecule has 0 saturated heterocycles. The van der Waals surface area contributed by atoms with Crippen LogP contribution in [0.4, 0.5) is 10.5 Å². The Kier molecular flexibility index (Phi) is 4.61. The first-order chi connectivity index (χ1) is 11.6. The third kappa shape index (κ3) is 3.46. The van der Waals surface area contributed by atoms with Gasteiger partial charge in [0.2, 0.25) is 0 Å². The van der Waals surface area contributed by atoms with Gasteiger partial charge in [0, 0.05) is 11.3 Å². The van der Waals surface area contributed by atoms with E-state index in [-0.39, 0.29) is 12.1 Å². The van der Waals surface area contributed by atoms with Crippen molar-refractivity contribution in [3.8, 4) is 0 Å². The number of carbonyl (C=O) groups is 1. The molecular formula is C19H20N4O. The highest BCUT2D eigenvalue weighted by Crippen LogP contribution is 2.27. The summed E-state index contributed by atoms with van der Waals surface area (Å²) in [6, 6.07) is 19.2. The number of urea groups is 1. The Morgan fingerprint density at radius 1 is 1.04 bits per heavy atom. The minimum absolute atomic E-state index is 0.200. The third-order valence-electron chi connectivity index (χ3n) is 3.92. The van der Waals surface area contributed by atoms with Crippen LogP contribution in [-0.2, 0) is 0 Å². The Hall–Kier alpha value is -3.08. The first-order valence-electron chi connectivity index (χ1n) is 7.84. The molecule has 0 fully saturated rings. The number of carbonyl (C=O) groups excluding carboxylic acids is 1. The van der Waals surface area contributed by atoms with Gasteiger partial charge >= 0.3 is 6.03 Å². The number of rotatable bonds is 4. The van der Waals surface area contributed by atoms with Crippen LogP contribution in [0.5, 0.6) is 0 Å². The van der Waals surface area contributed by atoms with Crippen molar-refractivity contribution in [2.24, 2.45) is 5.10 Å². The normalized spacial score (nSPS) is 18.0. The Bertz CT molecular complexity index is 782. The summed E-state index contributed by atoms with van der Waals surface area (Å²) >= 11 is 0. The van der Waals surface area contributed by atoms with Crippen LogP contribution in [0.15, 0.2) is 77.0 Å². The monoisotopic (exact) mass is 320 g/mol. The number of benzene rings is 2. The van der Waals surface area contributed by atoms with E-state index >= 15 is 0 Å². The average Bonchev–Trinajstić information content (AvgIpc) is 2.60. The molecule has 0 bridgehead atoms. The fourth-order valence-corrected chi connectivity index (χ4v) is 2.79. The maximum Gasteiger partial charge on any atom is 0.319 e. The summed E-state index contributed by atoms with van der Waals surface area (Å²) in [7, 11) is 0. The molecule has 0 saturated carbocycles. The van der Waals surface area contributed by atoms with Gasteiger partial charge < -0.3 is 10.6 Å². The van der Waals surface area contributed by atoms with Gasteiger partial charge in [0.1, 0.15) is 0 Å². The lowest BCUT2D eigenvalue weighted by Gasteiger charge is -2.29. The number of hydrogen-bond donors (Lipinski definition) is 3. The topological polar surface area (TPSA) is 65.5 Å². The van der Waals surface area contributed by atoms with E-state index in [1.807, 2.05) is 74.5 Å². The van der Waals surface area contributed by atoms with Crippen molar-refractivity contribution in [3.63, 3.8) is 0 Å². The van der Waals surface area contributed by atoms with Crippen molar-refractivity contribution in [2.45, 2.75) is 19.9 Å². The van der Waals surface area contributed by atoms with Crippen LogP contribution in [0, 0.1) is 0 Å². The summed E-state index contributed by atoms with van der Waals surface area (Å²) in [6.07, 6.45) is 0. The zero-order valence-corrected chi connectivity index (χ0v) is 13.7. The molecule has 1 unspecified atom stereocenters. The summed E-state index contributed by atoms with van der Waals surface area (Å²) in [4.78, 5) is 11.9. The molecule has 1 aliphatic rings. The molecule has 3 N–H and O–H groups in total. The van der Waals surface area contributed by atoms with E-state index in [1.165, 1.54) is 0 Å². The lowest BCUT2D eigenvalue weighted by molar-refractivity contribution is 0.239. The van der Waals surface area contributed by atoms with E-state index in [2.05, 4.69) is 21.2 Å². The van der Waals surface area contributed by atoms with E-state index in [9.17, 15) is 4.79 Å². The number of hydrogen-bond acceptors (Lipinski definition) is 3. The van der Waals surface area contributed by atoms with Gasteiger partial charge in [-0.2, -0.15) is 5.10 Å². The molecule has 0 aromatic heterocycles. The smallest absolute Gasteiger partial charge is 0.319 e. The first kappa shape index (κ1) is 15.8. The minimum atomic E-state index is -0.221. The highest BCUT2D eigenvalue weighted by Gasteiger charge is 2.28. The van der Waals surface area contributed by atoms with E-state index in [4.69, 9.17) is 0 Å². The van der Waals surface area contributed by atoms with Gasteiger partial charge in [-0.05, 0) is 31.5 Å². The van der Waals surface area contributed by atoms with Crippen molar-refractivity contribution in [1.82, 2.24) is 10.6 Å². The van der Waals surface area contributed by atoms with Crippen LogP contribution in [0.2, 0.25) is 0 Å². The molecule has 2 amide bonds. The van der Waals surface area contributed by atoms with Gasteiger partial charge in [-0.3, -0.25) is 5.43 Å². The molecule has 24 heavy (non-hydrogen) atoms.